The highest BCUT2D eigenvalue weighted by atomic mass is 16.6. The molecule has 0 aromatic carbocycles. The molecule has 0 aromatic rings. The highest BCUT2D eigenvalue weighted by Crippen LogP contribution is 2.61. The largest absolute Gasteiger partial charge is 0.461 e. The van der Waals surface area contributed by atoms with Crippen molar-refractivity contribution in [1.29, 1.82) is 0 Å². The molecule has 1 saturated heterocycles. The lowest BCUT2D eigenvalue weighted by molar-refractivity contribution is -0.211. The second kappa shape index (κ2) is 4.58. The molecule has 1 heterocycles. The molecule has 21 heavy (non-hydrogen) atoms. The molecule has 0 radical (unpaired) electrons. The Balaban J connectivity index is 1.67. The Kier molecular flexibility index (Phi) is 3.29. The molecule has 3 aliphatic rings. The zero-order chi connectivity index (χ0) is 15.6. The summed E-state index contributed by atoms with van der Waals surface area (Å²) in [5.74, 6) is 0.747. The fraction of sp³-hybridized carbons (Fsp3) is 0.833. The first kappa shape index (κ1) is 15.1. The first-order valence-electron chi connectivity index (χ1n) is 8.14. The van der Waals surface area contributed by atoms with Crippen molar-refractivity contribution in [1.82, 2.24) is 0 Å². The summed E-state index contributed by atoms with van der Waals surface area (Å²) in [5.41, 5.74) is 1.27. The third kappa shape index (κ3) is 2.16. The van der Waals surface area contributed by atoms with Crippen molar-refractivity contribution in [3.8, 4) is 0 Å². The van der Waals surface area contributed by atoms with Crippen molar-refractivity contribution in [2.24, 2.45) is 28.6 Å². The van der Waals surface area contributed by atoms with Crippen LogP contribution in [0.2, 0.25) is 0 Å². The van der Waals surface area contributed by atoms with Gasteiger partial charge in [0.15, 0.2) is 0 Å². The topological polar surface area (TPSA) is 35.5 Å². The third-order valence-electron chi connectivity index (χ3n) is 5.91. The monoisotopic (exact) mass is 292 g/mol. The van der Waals surface area contributed by atoms with Crippen LogP contribution in [0.4, 0.5) is 0 Å². The number of allylic oxidation sites excluding steroid dienone is 2. The van der Waals surface area contributed by atoms with Crippen molar-refractivity contribution in [3.63, 3.8) is 0 Å². The Morgan fingerprint density at radius 1 is 1.19 bits per heavy atom. The summed E-state index contributed by atoms with van der Waals surface area (Å²) in [6, 6.07) is 0. The number of esters is 1. The van der Waals surface area contributed by atoms with Crippen LogP contribution in [0.15, 0.2) is 11.6 Å². The van der Waals surface area contributed by atoms with Gasteiger partial charge in [-0.2, -0.15) is 0 Å². The summed E-state index contributed by atoms with van der Waals surface area (Å²) in [4.78, 5) is 12.6. The Morgan fingerprint density at radius 3 is 2.48 bits per heavy atom. The number of fused-ring (bicyclic) bond motifs is 1. The van der Waals surface area contributed by atoms with Gasteiger partial charge in [0.2, 0.25) is 0 Å². The van der Waals surface area contributed by atoms with Crippen LogP contribution in [0.25, 0.3) is 0 Å². The minimum Gasteiger partial charge on any atom is -0.461 e. The number of ether oxygens (including phenoxy) is 2. The van der Waals surface area contributed by atoms with E-state index >= 15 is 0 Å². The fourth-order valence-corrected chi connectivity index (χ4v) is 4.51. The molecule has 3 fully saturated rings. The lowest BCUT2D eigenvalue weighted by Gasteiger charge is -2.53. The van der Waals surface area contributed by atoms with Crippen LogP contribution in [0.5, 0.6) is 0 Å². The predicted octanol–water partition coefficient (Wildman–Crippen LogP) is 3.58. The molecule has 2 aliphatic carbocycles. The summed E-state index contributed by atoms with van der Waals surface area (Å²) in [6.45, 7) is 13.6. The Labute approximate surface area is 128 Å². The quantitative estimate of drug-likeness (QED) is 0.589. The number of carbonyl (C=O) groups is 1. The molecule has 3 heteroatoms. The van der Waals surface area contributed by atoms with E-state index in [2.05, 4.69) is 47.6 Å². The molecule has 0 amide bonds. The maximum Gasteiger partial charge on any atom is 0.310 e. The van der Waals surface area contributed by atoms with Gasteiger partial charge in [0.05, 0.1) is 12.0 Å². The summed E-state index contributed by atoms with van der Waals surface area (Å²) in [7, 11) is 0. The lowest BCUT2D eigenvalue weighted by atomic mass is 9.59. The summed E-state index contributed by atoms with van der Waals surface area (Å²) in [6.07, 6.45) is 3.55. The van der Waals surface area contributed by atoms with Crippen molar-refractivity contribution in [2.45, 2.75) is 60.2 Å². The zero-order valence-electron chi connectivity index (χ0n) is 14.1. The lowest BCUT2D eigenvalue weighted by Crippen LogP contribution is -2.61. The number of carbonyl (C=O) groups excluding carboxylic acids is 1. The molecular weight excluding hydrogens is 264 g/mol. The van der Waals surface area contributed by atoms with E-state index in [0.717, 1.165) is 13.0 Å². The number of hydrogen-bond acceptors (Lipinski definition) is 3. The summed E-state index contributed by atoms with van der Waals surface area (Å²) < 4.78 is 11.7. The first-order chi connectivity index (χ1) is 9.67. The summed E-state index contributed by atoms with van der Waals surface area (Å²) in [5, 5.41) is 0. The van der Waals surface area contributed by atoms with Gasteiger partial charge in [-0.1, -0.05) is 39.3 Å². The highest BCUT2D eigenvalue weighted by molar-refractivity contribution is 5.78. The SMILES string of the molecule is CC(C)=C[C@@H]1[C@H](C(=O)O[C@@H]2[C@H]3CCO[C@H]3C2(C)C)C1(C)C. The molecule has 1 aliphatic heterocycles. The van der Waals surface area contributed by atoms with Crippen LogP contribution in [0, 0.1) is 28.6 Å². The fourth-order valence-electron chi connectivity index (χ4n) is 4.51. The smallest absolute Gasteiger partial charge is 0.310 e. The molecule has 118 valence electrons. The molecule has 5 atom stereocenters. The van der Waals surface area contributed by atoms with Gasteiger partial charge in [-0.3, -0.25) is 4.79 Å². The maximum atomic E-state index is 12.6. The van der Waals surface area contributed by atoms with E-state index in [-0.39, 0.29) is 34.9 Å². The van der Waals surface area contributed by atoms with E-state index in [0.29, 0.717) is 11.8 Å². The van der Waals surface area contributed by atoms with Crippen molar-refractivity contribution < 1.29 is 14.3 Å². The van der Waals surface area contributed by atoms with E-state index < -0.39 is 0 Å². The minimum atomic E-state index is -0.0398. The number of hydrogen-bond donors (Lipinski definition) is 0. The molecule has 2 saturated carbocycles. The van der Waals surface area contributed by atoms with Crippen LogP contribution in [0.3, 0.4) is 0 Å². The van der Waals surface area contributed by atoms with Gasteiger partial charge in [-0.25, -0.2) is 0 Å². The first-order valence-corrected chi connectivity index (χ1v) is 8.14. The van der Waals surface area contributed by atoms with E-state index in [1.807, 2.05) is 0 Å². The molecule has 0 unspecified atom stereocenters. The van der Waals surface area contributed by atoms with Gasteiger partial charge in [-0.05, 0) is 31.6 Å². The predicted molar refractivity (Wildman–Crippen MR) is 81.7 cm³/mol. The van der Waals surface area contributed by atoms with Gasteiger partial charge >= 0.3 is 5.97 Å². The van der Waals surface area contributed by atoms with E-state index in [1.165, 1.54) is 5.57 Å². The van der Waals surface area contributed by atoms with Crippen LogP contribution in [-0.2, 0) is 14.3 Å². The van der Waals surface area contributed by atoms with Crippen molar-refractivity contribution in [3.05, 3.63) is 11.6 Å². The van der Waals surface area contributed by atoms with E-state index in [1.54, 1.807) is 0 Å². The van der Waals surface area contributed by atoms with E-state index in [4.69, 9.17) is 9.47 Å². The third-order valence-corrected chi connectivity index (χ3v) is 5.91. The second-order valence-electron chi connectivity index (χ2n) is 8.49. The average molecular weight is 292 g/mol. The second-order valence-corrected chi connectivity index (χ2v) is 8.49. The molecule has 3 rings (SSSR count). The van der Waals surface area contributed by atoms with Crippen molar-refractivity contribution in [2.75, 3.05) is 6.61 Å². The number of rotatable bonds is 3. The van der Waals surface area contributed by atoms with Crippen LogP contribution in [-0.4, -0.2) is 24.8 Å². The van der Waals surface area contributed by atoms with Crippen molar-refractivity contribution >= 4 is 5.97 Å². The van der Waals surface area contributed by atoms with E-state index in [9.17, 15) is 4.79 Å². The maximum absolute atomic E-state index is 12.6. The average Bonchev–Trinajstić information content (AvgIpc) is 2.77. The standard InChI is InChI=1S/C18H28O3/c1-10(2)9-12-13(17(12,3)4)16(19)21-15-11-7-8-20-14(11)18(15,5)6/h9,11-15H,7-8H2,1-6H3/t11-,12+,13+,14+,15+/m0/s1. The normalized spacial score (nSPS) is 41.7. The van der Waals surface area contributed by atoms with Gasteiger partial charge in [0.1, 0.15) is 6.10 Å². The molecule has 0 spiro atoms. The van der Waals surface area contributed by atoms with Gasteiger partial charge < -0.3 is 9.47 Å². The van der Waals surface area contributed by atoms with Gasteiger partial charge in [0.25, 0.3) is 0 Å². The summed E-state index contributed by atoms with van der Waals surface area (Å²) >= 11 is 0. The zero-order valence-corrected chi connectivity index (χ0v) is 14.1. The Hall–Kier alpha value is -0.830. The molecule has 0 bridgehead atoms. The Bertz CT molecular complexity index is 485. The van der Waals surface area contributed by atoms with Crippen LogP contribution >= 0.6 is 0 Å². The highest BCUT2D eigenvalue weighted by Gasteiger charge is 2.65. The Morgan fingerprint density at radius 2 is 1.86 bits per heavy atom. The van der Waals surface area contributed by atoms with Crippen LogP contribution in [0.1, 0.15) is 48.0 Å². The van der Waals surface area contributed by atoms with Crippen LogP contribution < -0.4 is 0 Å². The van der Waals surface area contributed by atoms with Gasteiger partial charge in [0, 0.05) is 17.9 Å². The molecular formula is C18H28O3. The minimum absolute atomic E-state index is 0.00840. The molecule has 0 aromatic heterocycles. The molecule has 0 N–H and O–H groups in total. The van der Waals surface area contributed by atoms with Gasteiger partial charge in [-0.15, -0.1) is 0 Å². The molecule has 3 nitrogen and oxygen atoms in total.